The van der Waals surface area contributed by atoms with Gasteiger partial charge in [-0.05, 0) is 46.8 Å². The number of carbonyl (C=O) groups is 2. The molecule has 0 radical (unpaired) electrons. The lowest BCUT2D eigenvalue weighted by molar-refractivity contribution is -0.131. The Morgan fingerprint density at radius 2 is 2.25 bits per heavy atom. The monoisotopic (exact) mass is 311 g/mol. The second-order valence-electron chi connectivity index (χ2n) is 3.80. The molecule has 2 aromatic heterocycles. The first-order valence-corrected chi connectivity index (χ1v) is 6.82. The number of halogens is 1. The van der Waals surface area contributed by atoms with Crippen LogP contribution in [-0.2, 0) is 11.3 Å². The third kappa shape index (κ3) is 3.97. The Kier molecular flexibility index (Phi) is 4.60. The molecule has 0 spiro atoms. The molecule has 0 aliphatic rings. The summed E-state index contributed by atoms with van der Waals surface area (Å²) in [7, 11) is 0. The van der Waals surface area contributed by atoms with Crippen molar-refractivity contribution in [3.8, 4) is 0 Å². The van der Waals surface area contributed by atoms with Crippen molar-refractivity contribution >= 4 is 40.9 Å². The molecule has 0 aromatic carbocycles. The lowest BCUT2D eigenvalue weighted by Gasteiger charge is -1.99. The van der Waals surface area contributed by atoms with Crippen LogP contribution in [-0.4, -0.2) is 17.0 Å². The SMILES string of the molecule is O=C(O)C=Cc1csc(CNC(=O)c2ccc(Cl)o2)c1. The van der Waals surface area contributed by atoms with Crippen LogP contribution < -0.4 is 5.32 Å². The summed E-state index contributed by atoms with van der Waals surface area (Å²) >= 11 is 7.01. The molecule has 2 rings (SSSR count). The van der Waals surface area contributed by atoms with Gasteiger partial charge in [-0.3, -0.25) is 4.79 Å². The van der Waals surface area contributed by atoms with Gasteiger partial charge < -0.3 is 14.8 Å². The Morgan fingerprint density at radius 1 is 1.45 bits per heavy atom. The molecule has 5 nitrogen and oxygen atoms in total. The summed E-state index contributed by atoms with van der Waals surface area (Å²) in [5.74, 6) is -1.20. The van der Waals surface area contributed by atoms with E-state index in [0.29, 0.717) is 6.54 Å². The summed E-state index contributed by atoms with van der Waals surface area (Å²) in [6.45, 7) is 0.336. The highest BCUT2D eigenvalue weighted by atomic mass is 35.5. The minimum absolute atomic E-state index is 0.151. The van der Waals surface area contributed by atoms with Crippen LogP contribution in [0.5, 0.6) is 0 Å². The molecule has 1 amide bonds. The third-order valence-electron chi connectivity index (χ3n) is 2.31. The van der Waals surface area contributed by atoms with E-state index in [1.165, 1.54) is 29.5 Å². The van der Waals surface area contributed by atoms with Crippen LogP contribution >= 0.6 is 22.9 Å². The van der Waals surface area contributed by atoms with E-state index in [9.17, 15) is 9.59 Å². The van der Waals surface area contributed by atoms with Gasteiger partial charge in [-0.25, -0.2) is 4.79 Å². The molecule has 0 atom stereocenters. The number of hydrogen-bond acceptors (Lipinski definition) is 4. The number of furan rings is 1. The number of carboxylic acids is 1. The first kappa shape index (κ1) is 14.4. The molecule has 2 N–H and O–H groups in total. The van der Waals surface area contributed by atoms with Crippen LogP contribution in [0.25, 0.3) is 6.08 Å². The van der Waals surface area contributed by atoms with Gasteiger partial charge in [0.25, 0.3) is 5.91 Å². The zero-order valence-corrected chi connectivity index (χ0v) is 11.7. The highest BCUT2D eigenvalue weighted by Crippen LogP contribution is 2.17. The lowest BCUT2D eigenvalue weighted by Crippen LogP contribution is -2.21. The van der Waals surface area contributed by atoms with Crippen LogP contribution in [0, 0.1) is 0 Å². The van der Waals surface area contributed by atoms with Gasteiger partial charge in [0.05, 0.1) is 6.54 Å². The molecule has 2 heterocycles. The van der Waals surface area contributed by atoms with Crippen LogP contribution in [0.1, 0.15) is 21.0 Å². The Morgan fingerprint density at radius 3 is 2.90 bits per heavy atom. The predicted octanol–water partition coefficient (Wildman–Crippen LogP) is 3.02. The van der Waals surface area contributed by atoms with Crippen LogP contribution in [0.2, 0.25) is 5.22 Å². The minimum Gasteiger partial charge on any atom is -0.478 e. The fraction of sp³-hybridized carbons (Fsp3) is 0.0769. The Balaban J connectivity index is 1.91. The molecular weight excluding hydrogens is 302 g/mol. The number of carbonyl (C=O) groups excluding carboxylic acids is 1. The van der Waals surface area contributed by atoms with E-state index in [2.05, 4.69) is 5.32 Å². The zero-order valence-electron chi connectivity index (χ0n) is 10.1. The molecule has 0 bridgehead atoms. The molecule has 2 aromatic rings. The number of aliphatic carboxylic acids is 1. The van der Waals surface area contributed by atoms with Crippen molar-refractivity contribution in [1.82, 2.24) is 5.32 Å². The van der Waals surface area contributed by atoms with Crippen molar-refractivity contribution in [2.75, 3.05) is 0 Å². The van der Waals surface area contributed by atoms with Gasteiger partial charge in [0.1, 0.15) is 0 Å². The second kappa shape index (κ2) is 6.40. The fourth-order valence-corrected chi connectivity index (χ4v) is 2.38. The van der Waals surface area contributed by atoms with Gasteiger partial charge in [-0.2, -0.15) is 0 Å². The van der Waals surface area contributed by atoms with E-state index < -0.39 is 5.97 Å². The number of amides is 1. The van der Waals surface area contributed by atoms with E-state index in [4.69, 9.17) is 21.1 Å². The van der Waals surface area contributed by atoms with Crippen LogP contribution in [0.3, 0.4) is 0 Å². The van der Waals surface area contributed by atoms with Crippen molar-refractivity contribution in [3.63, 3.8) is 0 Å². The molecule has 20 heavy (non-hydrogen) atoms. The molecule has 0 unspecified atom stereocenters. The summed E-state index contributed by atoms with van der Waals surface area (Å²) < 4.78 is 4.98. The van der Waals surface area contributed by atoms with E-state index in [1.54, 1.807) is 6.07 Å². The standard InChI is InChI=1S/C13H10ClNO4S/c14-11-3-2-10(19-11)13(18)15-6-9-5-8(7-20-9)1-4-12(16)17/h1-5,7H,6H2,(H,15,18)(H,16,17). The number of rotatable bonds is 5. The largest absolute Gasteiger partial charge is 0.478 e. The predicted molar refractivity (Wildman–Crippen MR) is 75.9 cm³/mol. The number of carboxylic acid groups (broad SMARTS) is 1. The quantitative estimate of drug-likeness (QED) is 0.832. The maximum atomic E-state index is 11.7. The zero-order chi connectivity index (χ0) is 14.5. The number of hydrogen-bond donors (Lipinski definition) is 2. The van der Waals surface area contributed by atoms with Gasteiger partial charge >= 0.3 is 5.97 Å². The Hall–Kier alpha value is -2.05. The molecule has 0 aliphatic heterocycles. The molecule has 0 saturated heterocycles. The van der Waals surface area contributed by atoms with Crippen molar-refractivity contribution in [2.45, 2.75) is 6.54 Å². The Bertz CT molecular complexity index is 659. The van der Waals surface area contributed by atoms with Crippen molar-refractivity contribution in [1.29, 1.82) is 0 Å². The van der Waals surface area contributed by atoms with Crippen molar-refractivity contribution < 1.29 is 19.1 Å². The molecule has 0 saturated carbocycles. The van der Waals surface area contributed by atoms with E-state index >= 15 is 0 Å². The summed E-state index contributed by atoms with van der Waals surface area (Å²) in [5.41, 5.74) is 0.780. The first-order valence-electron chi connectivity index (χ1n) is 5.56. The summed E-state index contributed by atoms with van der Waals surface area (Å²) in [4.78, 5) is 23.0. The van der Waals surface area contributed by atoms with Gasteiger partial charge in [0, 0.05) is 11.0 Å². The van der Waals surface area contributed by atoms with Crippen molar-refractivity contribution in [2.24, 2.45) is 0 Å². The Labute approximate surface area is 123 Å². The average molecular weight is 312 g/mol. The molecule has 104 valence electrons. The topological polar surface area (TPSA) is 79.5 Å². The lowest BCUT2D eigenvalue weighted by atomic mass is 10.3. The van der Waals surface area contributed by atoms with Gasteiger partial charge in [0.2, 0.25) is 0 Å². The molecule has 7 heteroatoms. The summed E-state index contributed by atoms with van der Waals surface area (Å²) in [6, 6.07) is 4.79. The average Bonchev–Trinajstić information content (AvgIpc) is 3.02. The van der Waals surface area contributed by atoms with E-state index in [-0.39, 0.29) is 16.9 Å². The van der Waals surface area contributed by atoms with Gasteiger partial charge in [0.15, 0.2) is 11.0 Å². The maximum absolute atomic E-state index is 11.7. The highest BCUT2D eigenvalue weighted by molar-refractivity contribution is 7.10. The first-order chi connectivity index (χ1) is 9.54. The number of nitrogens with one attached hydrogen (secondary N) is 1. The molecule has 0 fully saturated rings. The van der Waals surface area contributed by atoms with Crippen LogP contribution in [0.4, 0.5) is 0 Å². The highest BCUT2D eigenvalue weighted by Gasteiger charge is 2.10. The van der Waals surface area contributed by atoms with E-state index in [0.717, 1.165) is 16.5 Å². The summed E-state index contributed by atoms with van der Waals surface area (Å²) in [5, 5.41) is 13.2. The summed E-state index contributed by atoms with van der Waals surface area (Å²) in [6.07, 6.45) is 2.56. The number of thiophene rings is 1. The van der Waals surface area contributed by atoms with Crippen molar-refractivity contribution in [3.05, 3.63) is 51.1 Å². The second-order valence-corrected chi connectivity index (χ2v) is 5.17. The third-order valence-corrected chi connectivity index (χ3v) is 3.47. The van der Waals surface area contributed by atoms with Gasteiger partial charge in [-0.15, -0.1) is 11.3 Å². The molecular formula is C13H10ClNO4S. The van der Waals surface area contributed by atoms with Gasteiger partial charge in [-0.1, -0.05) is 0 Å². The fourth-order valence-electron chi connectivity index (χ4n) is 1.44. The normalized spacial score (nSPS) is 10.8. The molecule has 0 aliphatic carbocycles. The maximum Gasteiger partial charge on any atom is 0.328 e. The van der Waals surface area contributed by atoms with Crippen LogP contribution in [0.15, 0.2) is 34.1 Å². The van der Waals surface area contributed by atoms with E-state index in [1.807, 2.05) is 5.38 Å². The minimum atomic E-state index is -0.999. The smallest absolute Gasteiger partial charge is 0.328 e.